The lowest BCUT2D eigenvalue weighted by atomic mass is 10.2. The van der Waals surface area contributed by atoms with E-state index in [1.807, 2.05) is 54.6 Å². The van der Waals surface area contributed by atoms with Gasteiger partial charge in [0.25, 0.3) is 11.2 Å². The van der Waals surface area contributed by atoms with E-state index < -0.39 is 4.92 Å². The van der Waals surface area contributed by atoms with Crippen molar-refractivity contribution in [1.29, 1.82) is 0 Å². The zero-order valence-electron chi connectivity index (χ0n) is 14.7. The molecule has 0 atom stereocenters. The summed E-state index contributed by atoms with van der Waals surface area (Å²) in [4.78, 5) is 28.4. The van der Waals surface area contributed by atoms with Crippen LogP contribution in [0.5, 0.6) is 0 Å². The molecule has 0 amide bonds. The highest BCUT2D eigenvalue weighted by atomic mass is 32.2. The average molecular weight is 389 g/mol. The Kier molecular flexibility index (Phi) is 4.90. The van der Waals surface area contributed by atoms with Crippen LogP contribution in [-0.2, 0) is 5.75 Å². The molecule has 7 heteroatoms. The van der Waals surface area contributed by atoms with Crippen molar-refractivity contribution in [3.63, 3.8) is 0 Å². The standard InChI is InChI=1S/C21H15N3O3S/c25-20-18-11-4-5-12-19(18)22-21(23(20)16-8-2-1-3-9-16)28-14-15-7-6-10-17(13-15)24(26)27/h1-13H,14H2. The quantitative estimate of drug-likeness (QED) is 0.216. The Labute approximate surface area is 164 Å². The fraction of sp³-hybridized carbons (Fsp3) is 0.0476. The molecule has 1 aromatic heterocycles. The van der Waals surface area contributed by atoms with Crippen molar-refractivity contribution < 1.29 is 4.92 Å². The van der Waals surface area contributed by atoms with E-state index in [4.69, 9.17) is 0 Å². The molecule has 4 rings (SSSR count). The van der Waals surface area contributed by atoms with Gasteiger partial charge in [-0.05, 0) is 29.8 Å². The maximum atomic E-state index is 13.1. The number of hydrogen-bond donors (Lipinski definition) is 0. The van der Waals surface area contributed by atoms with E-state index in [1.54, 1.807) is 22.8 Å². The summed E-state index contributed by atoms with van der Waals surface area (Å²) < 4.78 is 1.59. The maximum absolute atomic E-state index is 13.1. The molecule has 4 aromatic rings. The molecule has 0 spiro atoms. The number of para-hydroxylation sites is 2. The summed E-state index contributed by atoms with van der Waals surface area (Å²) in [5.41, 5.74) is 2.05. The number of nitro benzene ring substituents is 1. The van der Waals surface area contributed by atoms with Gasteiger partial charge in [-0.3, -0.25) is 19.5 Å². The van der Waals surface area contributed by atoms with E-state index in [9.17, 15) is 14.9 Å². The van der Waals surface area contributed by atoms with Crippen molar-refractivity contribution in [2.45, 2.75) is 10.9 Å². The highest BCUT2D eigenvalue weighted by Crippen LogP contribution is 2.26. The van der Waals surface area contributed by atoms with E-state index in [0.29, 0.717) is 21.8 Å². The number of non-ortho nitro benzene ring substituents is 1. The lowest BCUT2D eigenvalue weighted by Gasteiger charge is -2.13. The Morgan fingerprint density at radius 1 is 0.964 bits per heavy atom. The van der Waals surface area contributed by atoms with Crippen LogP contribution in [0.15, 0.2) is 88.8 Å². The van der Waals surface area contributed by atoms with Gasteiger partial charge >= 0.3 is 0 Å². The van der Waals surface area contributed by atoms with Crippen LogP contribution < -0.4 is 5.56 Å². The number of nitrogens with zero attached hydrogens (tertiary/aromatic N) is 3. The average Bonchev–Trinajstić information content (AvgIpc) is 2.73. The number of nitro groups is 1. The molecule has 0 fully saturated rings. The Balaban J connectivity index is 1.78. The molecule has 28 heavy (non-hydrogen) atoms. The number of aromatic nitrogens is 2. The largest absolute Gasteiger partial charge is 0.269 e. The predicted octanol–water partition coefficient (Wildman–Crippen LogP) is 4.59. The van der Waals surface area contributed by atoms with E-state index in [0.717, 1.165) is 11.3 Å². The Hall–Kier alpha value is -3.45. The van der Waals surface area contributed by atoms with Crippen LogP contribution in [0.3, 0.4) is 0 Å². The first kappa shape index (κ1) is 17.9. The summed E-state index contributed by atoms with van der Waals surface area (Å²) in [6.07, 6.45) is 0. The first-order valence-electron chi connectivity index (χ1n) is 8.57. The highest BCUT2D eigenvalue weighted by Gasteiger charge is 2.14. The topological polar surface area (TPSA) is 78.0 Å². The predicted molar refractivity (Wildman–Crippen MR) is 110 cm³/mol. The Morgan fingerprint density at radius 2 is 1.71 bits per heavy atom. The number of benzene rings is 3. The molecule has 0 saturated carbocycles. The van der Waals surface area contributed by atoms with Crippen LogP contribution in [0.25, 0.3) is 16.6 Å². The molecular formula is C21H15N3O3S. The fourth-order valence-electron chi connectivity index (χ4n) is 2.92. The molecule has 138 valence electrons. The van der Waals surface area contributed by atoms with Gasteiger partial charge in [-0.2, -0.15) is 0 Å². The van der Waals surface area contributed by atoms with E-state index in [2.05, 4.69) is 4.98 Å². The van der Waals surface area contributed by atoms with Gasteiger partial charge in [0.15, 0.2) is 5.16 Å². The van der Waals surface area contributed by atoms with Gasteiger partial charge in [-0.1, -0.05) is 54.2 Å². The molecule has 6 nitrogen and oxygen atoms in total. The lowest BCUT2D eigenvalue weighted by Crippen LogP contribution is -2.21. The van der Waals surface area contributed by atoms with Gasteiger partial charge < -0.3 is 0 Å². The molecular weight excluding hydrogens is 374 g/mol. The third kappa shape index (κ3) is 3.52. The van der Waals surface area contributed by atoms with Gasteiger partial charge in [0.2, 0.25) is 0 Å². The van der Waals surface area contributed by atoms with Crippen molar-refractivity contribution in [3.8, 4) is 5.69 Å². The molecule has 0 N–H and O–H groups in total. The second-order valence-electron chi connectivity index (χ2n) is 6.10. The van der Waals surface area contributed by atoms with Crippen molar-refractivity contribution in [2.75, 3.05) is 0 Å². The molecule has 0 radical (unpaired) electrons. The monoisotopic (exact) mass is 389 g/mol. The van der Waals surface area contributed by atoms with Crippen molar-refractivity contribution >= 4 is 28.4 Å². The van der Waals surface area contributed by atoms with E-state index >= 15 is 0 Å². The molecule has 0 aliphatic carbocycles. The van der Waals surface area contributed by atoms with Crippen molar-refractivity contribution in [2.24, 2.45) is 0 Å². The Morgan fingerprint density at radius 3 is 2.50 bits per heavy atom. The summed E-state index contributed by atoms with van der Waals surface area (Å²) in [7, 11) is 0. The van der Waals surface area contributed by atoms with Crippen molar-refractivity contribution in [3.05, 3.63) is 105 Å². The molecule has 0 aliphatic rings. The Bertz CT molecular complexity index is 1220. The lowest BCUT2D eigenvalue weighted by molar-refractivity contribution is -0.384. The SMILES string of the molecule is O=c1c2ccccc2nc(SCc2cccc([N+](=O)[O-])c2)n1-c1ccccc1. The van der Waals surface area contributed by atoms with Gasteiger partial charge in [-0.15, -0.1) is 0 Å². The summed E-state index contributed by atoms with van der Waals surface area (Å²) in [6, 6.07) is 23.1. The molecule has 0 bridgehead atoms. The second-order valence-corrected chi connectivity index (χ2v) is 7.05. The summed E-state index contributed by atoms with van der Waals surface area (Å²) in [5.74, 6) is 0.458. The molecule has 0 aliphatic heterocycles. The minimum Gasteiger partial charge on any atom is -0.268 e. The van der Waals surface area contributed by atoms with Crippen LogP contribution in [0.1, 0.15) is 5.56 Å². The first-order valence-corrected chi connectivity index (χ1v) is 9.55. The zero-order valence-corrected chi connectivity index (χ0v) is 15.5. The number of rotatable bonds is 5. The number of fused-ring (bicyclic) bond motifs is 1. The van der Waals surface area contributed by atoms with Gasteiger partial charge in [0.05, 0.1) is 21.5 Å². The van der Waals surface area contributed by atoms with Gasteiger partial charge in [-0.25, -0.2) is 4.98 Å². The molecule has 0 saturated heterocycles. The smallest absolute Gasteiger partial charge is 0.268 e. The molecule has 1 heterocycles. The van der Waals surface area contributed by atoms with Crippen molar-refractivity contribution in [1.82, 2.24) is 9.55 Å². The first-order chi connectivity index (χ1) is 13.6. The minimum absolute atomic E-state index is 0.0463. The molecule has 0 unspecified atom stereocenters. The second kappa shape index (κ2) is 7.66. The third-order valence-corrected chi connectivity index (χ3v) is 5.26. The van der Waals surface area contributed by atoms with E-state index in [1.165, 1.54) is 17.8 Å². The molecule has 3 aromatic carbocycles. The van der Waals surface area contributed by atoms with Crippen LogP contribution in [0.2, 0.25) is 0 Å². The van der Waals surface area contributed by atoms with Crippen LogP contribution in [0, 0.1) is 10.1 Å². The van der Waals surface area contributed by atoms with Gasteiger partial charge in [0.1, 0.15) is 0 Å². The number of hydrogen-bond acceptors (Lipinski definition) is 5. The summed E-state index contributed by atoms with van der Waals surface area (Å²) in [6.45, 7) is 0. The van der Waals surface area contributed by atoms with Crippen LogP contribution >= 0.6 is 11.8 Å². The minimum atomic E-state index is -0.414. The maximum Gasteiger partial charge on any atom is 0.269 e. The summed E-state index contributed by atoms with van der Waals surface area (Å²) in [5, 5.41) is 12.1. The van der Waals surface area contributed by atoms with Crippen LogP contribution in [0.4, 0.5) is 5.69 Å². The highest BCUT2D eigenvalue weighted by molar-refractivity contribution is 7.98. The number of thioether (sulfide) groups is 1. The van der Waals surface area contributed by atoms with E-state index in [-0.39, 0.29) is 11.2 Å². The normalized spacial score (nSPS) is 10.9. The van der Waals surface area contributed by atoms with Crippen LogP contribution in [-0.4, -0.2) is 14.5 Å². The summed E-state index contributed by atoms with van der Waals surface area (Å²) >= 11 is 1.37. The van der Waals surface area contributed by atoms with Gasteiger partial charge in [0, 0.05) is 17.9 Å². The third-order valence-electron chi connectivity index (χ3n) is 4.25. The fourth-order valence-corrected chi connectivity index (χ4v) is 3.88. The zero-order chi connectivity index (χ0) is 19.5.